The van der Waals surface area contributed by atoms with Gasteiger partial charge < -0.3 is 16.0 Å². The van der Waals surface area contributed by atoms with Gasteiger partial charge in [0.2, 0.25) is 5.91 Å². The van der Waals surface area contributed by atoms with Gasteiger partial charge in [0.1, 0.15) is 11.1 Å². The average molecular weight is 251 g/mol. The predicted molar refractivity (Wildman–Crippen MR) is 65.9 cm³/mol. The summed E-state index contributed by atoms with van der Waals surface area (Å²) in [4.78, 5) is 25.8. The summed E-state index contributed by atoms with van der Waals surface area (Å²) in [6, 6.07) is 0. The van der Waals surface area contributed by atoms with Crippen LogP contribution in [0, 0.1) is 6.92 Å². The Labute approximate surface area is 105 Å². The van der Waals surface area contributed by atoms with E-state index in [1.54, 1.807) is 20.8 Å². The number of aromatic nitrogens is 2. The lowest BCUT2D eigenvalue weighted by Crippen LogP contribution is -2.63. The van der Waals surface area contributed by atoms with Gasteiger partial charge in [0.25, 0.3) is 5.91 Å². The van der Waals surface area contributed by atoms with Crippen LogP contribution in [-0.2, 0) is 4.79 Å². The molecule has 4 N–H and O–H groups in total. The normalized spacial score (nSPS) is 18.6. The first-order valence-electron chi connectivity index (χ1n) is 5.76. The van der Waals surface area contributed by atoms with E-state index in [1.807, 2.05) is 0 Å². The number of rotatable bonds is 1. The lowest BCUT2D eigenvalue weighted by atomic mass is 9.97. The summed E-state index contributed by atoms with van der Waals surface area (Å²) in [6.07, 6.45) is 0. The van der Waals surface area contributed by atoms with E-state index in [-0.39, 0.29) is 17.6 Å². The molecule has 1 fully saturated rings. The van der Waals surface area contributed by atoms with Gasteiger partial charge in [-0.1, -0.05) is 0 Å². The fourth-order valence-electron chi connectivity index (χ4n) is 2.11. The summed E-state index contributed by atoms with van der Waals surface area (Å²) >= 11 is 0. The van der Waals surface area contributed by atoms with Crippen LogP contribution in [0.3, 0.4) is 0 Å². The highest BCUT2D eigenvalue weighted by atomic mass is 16.2. The highest BCUT2D eigenvalue weighted by Crippen LogP contribution is 2.23. The maximum atomic E-state index is 12.5. The van der Waals surface area contributed by atoms with Crippen LogP contribution in [0.15, 0.2) is 0 Å². The minimum absolute atomic E-state index is 0.165. The molecule has 98 valence electrons. The molecule has 0 spiro atoms. The Morgan fingerprint density at radius 3 is 2.72 bits per heavy atom. The van der Waals surface area contributed by atoms with Gasteiger partial charge in [0.15, 0.2) is 5.82 Å². The third-order valence-corrected chi connectivity index (χ3v) is 3.29. The molecule has 1 aromatic heterocycles. The highest BCUT2D eigenvalue weighted by molar-refractivity contribution is 6.03. The van der Waals surface area contributed by atoms with Crippen molar-refractivity contribution < 1.29 is 9.59 Å². The van der Waals surface area contributed by atoms with Gasteiger partial charge >= 0.3 is 0 Å². The Bertz CT molecular complexity index is 486. The number of carbonyl (C=O) groups excluding carboxylic acids is 2. The zero-order chi connectivity index (χ0) is 13.5. The number of aromatic amines is 1. The smallest absolute Gasteiger partial charge is 0.260 e. The quantitative estimate of drug-likeness (QED) is 0.634. The Morgan fingerprint density at radius 1 is 1.50 bits per heavy atom. The Morgan fingerprint density at radius 2 is 2.17 bits per heavy atom. The average Bonchev–Trinajstić information content (AvgIpc) is 2.62. The van der Waals surface area contributed by atoms with E-state index in [0.717, 1.165) is 0 Å². The van der Waals surface area contributed by atoms with E-state index in [2.05, 4.69) is 15.5 Å². The molecule has 0 bridgehead atoms. The number of nitrogens with one attached hydrogen (secondary N) is 2. The summed E-state index contributed by atoms with van der Waals surface area (Å²) in [7, 11) is 0. The third-order valence-electron chi connectivity index (χ3n) is 3.29. The van der Waals surface area contributed by atoms with Crippen LogP contribution in [0.25, 0.3) is 0 Å². The van der Waals surface area contributed by atoms with Crippen LogP contribution in [-0.4, -0.2) is 45.5 Å². The molecular formula is C11H17N5O2. The van der Waals surface area contributed by atoms with E-state index in [4.69, 9.17) is 5.73 Å². The van der Waals surface area contributed by atoms with Crippen molar-refractivity contribution in [3.05, 3.63) is 11.3 Å². The molecule has 1 aromatic rings. The van der Waals surface area contributed by atoms with E-state index < -0.39 is 5.54 Å². The second-order valence-corrected chi connectivity index (χ2v) is 4.88. The summed E-state index contributed by atoms with van der Waals surface area (Å²) in [6.45, 7) is 6.07. The van der Waals surface area contributed by atoms with Gasteiger partial charge in [-0.25, -0.2) is 0 Å². The van der Waals surface area contributed by atoms with Gasteiger partial charge in [0, 0.05) is 18.8 Å². The first-order chi connectivity index (χ1) is 8.35. The zero-order valence-electron chi connectivity index (χ0n) is 10.7. The number of amides is 2. The number of nitrogens with zero attached hydrogens (tertiary/aromatic N) is 2. The second-order valence-electron chi connectivity index (χ2n) is 4.88. The number of hydrogen-bond donors (Lipinski definition) is 3. The maximum absolute atomic E-state index is 12.5. The number of hydrogen-bond acceptors (Lipinski definition) is 4. The fourth-order valence-corrected chi connectivity index (χ4v) is 2.11. The number of piperazine rings is 1. The lowest BCUT2D eigenvalue weighted by Gasteiger charge is -2.41. The van der Waals surface area contributed by atoms with Crippen LogP contribution in [0.1, 0.15) is 29.9 Å². The summed E-state index contributed by atoms with van der Waals surface area (Å²) in [5.41, 5.74) is 5.75. The van der Waals surface area contributed by atoms with Gasteiger partial charge in [-0.05, 0) is 20.8 Å². The standard InChI is InChI=1S/C11H17N5O2/c1-6-7(8(12)15-14-6)9(17)16-5-4-13-10(18)11(16,2)3/h4-5H2,1-3H3,(H,13,18)(H3,12,14,15). The molecule has 2 heterocycles. The number of nitrogens with two attached hydrogens (primary N) is 1. The molecule has 0 saturated carbocycles. The van der Waals surface area contributed by atoms with Crippen LogP contribution in [0.4, 0.5) is 5.82 Å². The molecule has 0 unspecified atom stereocenters. The van der Waals surface area contributed by atoms with Crippen LogP contribution >= 0.6 is 0 Å². The predicted octanol–water partition coefficient (Wildman–Crippen LogP) is -0.349. The SMILES string of the molecule is Cc1[nH]nc(N)c1C(=O)N1CCNC(=O)C1(C)C. The van der Waals surface area contributed by atoms with Crippen molar-refractivity contribution in [2.24, 2.45) is 0 Å². The third kappa shape index (κ3) is 1.71. The number of nitrogen functional groups attached to an aromatic ring is 1. The number of H-pyrrole nitrogens is 1. The molecule has 0 aliphatic carbocycles. The molecule has 7 heteroatoms. The van der Waals surface area contributed by atoms with Crippen molar-refractivity contribution in [2.45, 2.75) is 26.3 Å². The zero-order valence-corrected chi connectivity index (χ0v) is 10.7. The summed E-state index contributed by atoms with van der Waals surface area (Å²) in [5.74, 6) is -0.264. The number of aryl methyl sites for hydroxylation is 1. The van der Waals surface area contributed by atoms with Crippen molar-refractivity contribution in [3.8, 4) is 0 Å². The lowest BCUT2D eigenvalue weighted by molar-refractivity contribution is -0.133. The van der Waals surface area contributed by atoms with Crippen molar-refractivity contribution >= 4 is 17.6 Å². The van der Waals surface area contributed by atoms with E-state index in [9.17, 15) is 9.59 Å². The van der Waals surface area contributed by atoms with E-state index in [0.29, 0.717) is 24.3 Å². The van der Waals surface area contributed by atoms with Crippen molar-refractivity contribution in [1.29, 1.82) is 0 Å². The molecule has 2 amide bonds. The molecular weight excluding hydrogens is 234 g/mol. The Kier molecular flexibility index (Phi) is 2.76. The molecule has 1 saturated heterocycles. The Balaban J connectivity index is 2.37. The van der Waals surface area contributed by atoms with Crippen LogP contribution < -0.4 is 11.1 Å². The van der Waals surface area contributed by atoms with E-state index in [1.165, 1.54) is 4.90 Å². The van der Waals surface area contributed by atoms with Gasteiger partial charge in [-0.2, -0.15) is 5.10 Å². The monoisotopic (exact) mass is 251 g/mol. The van der Waals surface area contributed by atoms with Crippen molar-refractivity contribution in [1.82, 2.24) is 20.4 Å². The molecule has 0 aromatic carbocycles. The first kappa shape index (κ1) is 12.4. The Hall–Kier alpha value is -2.05. The van der Waals surface area contributed by atoms with Crippen molar-refractivity contribution in [2.75, 3.05) is 18.8 Å². The first-order valence-corrected chi connectivity index (χ1v) is 5.76. The van der Waals surface area contributed by atoms with E-state index >= 15 is 0 Å². The molecule has 18 heavy (non-hydrogen) atoms. The summed E-state index contributed by atoms with van der Waals surface area (Å²) < 4.78 is 0. The van der Waals surface area contributed by atoms with Crippen LogP contribution in [0.2, 0.25) is 0 Å². The van der Waals surface area contributed by atoms with Crippen molar-refractivity contribution in [3.63, 3.8) is 0 Å². The fraction of sp³-hybridized carbons (Fsp3) is 0.545. The van der Waals surface area contributed by atoms with Gasteiger partial charge in [-0.3, -0.25) is 14.7 Å². The molecule has 1 aliphatic heterocycles. The molecule has 0 radical (unpaired) electrons. The second kappa shape index (κ2) is 4.01. The van der Waals surface area contributed by atoms with Gasteiger partial charge in [0.05, 0.1) is 0 Å². The highest BCUT2D eigenvalue weighted by Gasteiger charge is 2.41. The molecule has 0 atom stereocenters. The minimum Gasteiger partial charge on any atom is -0.382 e. The van der Waals surface area contributed by atoms with Crippen LogP contribution in [0.5, 0.6) is 0 Å². The van der Waals surface area contributed by atoms with Gasteiger partial charge in [-0.15, -0.1) is 0 Å². The maximum Gasteiger partial charge on any atom is 0.260 e. The molecule has 2 rings (SSSR count). The summed E-state index contributed by atoms with van der Waals surface area (Å²) in [5, 5.41) is 9.22. The number of carbonyl (C=O) groups is 2. The largest absolute Gasteiger partial charge is 0.382 e. The topological polar surface area (TPSA) is 104 Å². The molecule has 7 nitrogen and oxygen atoms in total. The molecule has 1 aliphatic rings. The minimum atomic E-state index is -0.883. The number of anilines is 1.